The molecule has 204 valence electrons. The first kappa shape index (κ1) is 30.7. The number of aromatic nitrogens is 2. The van der Waals surface area contributed by atoms with Crippen LogP contribution >= 0.6 is 0 Å². The Morgan fingerprint density at radius 3 is 1.64 bits per heavy atom. The van der Waals surface area contributed by atoms with E-state index in [0.29, 0.717) is 0 Å². The maximum atomic E-state index is 5.11. The molecule has 0 N–H and O–H groups in total. The van der Waals surface area contributed by atoms with Crippen molar-refractivity contribution in [3.05, 3.63) is 53.6 Å². The molecular formula is C34H58N2. The SMILES string of the molecule is CCCCCCCCCCCCCCCc1nc(CCCc2ccccc2)cn1CCCCCCC. The topological polar surface area (TPSA) is 17.8 Å². The van der Waals surface area contributed by atoms with Crippen molar-refractivity contribution in [3.63, 3.8) is 0 Å². The van der Waals surface area contributed by atoms with Gasteiger partial charge in [-0.2, -0.15) is 0 Å². The number of hydrogen-bond donors (Lipinski definition) is 0. The molecule has 0 unspecified atom stereocenters. The Labute approximate surface area is 224 Å². The Morgan fingerprint density at radius 1 is 0.528 bits per heavy atom. The average Bonchev–Trinajstić information content (AvgIpc) is 3.28. The smallest absolute Gasteiger partial charge is 0.108 e. The summed E-state index contributed by atoms with van der Waals surface area (Å²) in [7, 11) is 0. The van der Waals surface area contributed by atoms with E-state index in [1.807, 2.05) is 0 Å². The first-order valence-corrected chi connectivity index (χ1v) is 15.9. The van der Waals surface area contributed by atoms with Crippen molar-refractivity contribution in [3.8, 4) is 0 Å². The Bertz CT molecular complexity index is 733. The van der Waals surface area contributed by atoms with Crippen LogP contribution in [0.1, 0.15) is 153 Å². The van der Waals surface area contributed by atoms with E-state index in [1.165, 1.54) is 139 Å². The van der Waals surface area contributed by atoms with Crippen molar-refractivity contribution in [1.82, 2.24) is 9.55 Å². The van der Waals surface area contributed by atoms with E-state index in [1.54, 1.807) is 0 Å². The van der Waals surface area contributed by atoms with Crippen LogP contribution in [0.15, 0.2) is 36.5 Å². The van der Waals surface area contributed by atoms with Gasteiger partial charge in [0.1, 0.15) is 5.82 Å². The largest absolute Gasteiger partial charge is 0.335 e. The van der Waals surface area contributed by atoms with Crippen LogP contribution < -0.4 is 0 Å². The monoisotopic (exact) mass is 494 g/mol. The number of nitrogens with zero attached hydrogens (tertiary/aromatic N) is 2. The predicted octanol–water partition coefficient (Wildman–Crippen LogP) is 10.7. The lowest BCUT2D eigenvalue weighted by molar-refractivity contribution is 0.528. The van der Waals surface area contributed by atoms with E-state index in [9.17, 15) is 0 Å². The lowest BCUT2D eigenvalue weighted by Gasteiger charge is -2.08. The van der Waals surface area contributed by atoms with E-state index < -0.39 is 0 Å². The molecule has 0 aliphatic carbocycles. The summed E-state index contributed by atoms with van der Waals surface area (Å²) in [6.45, 7) is 5.75. The van der Waals surface area contributed by atoms with Crippen LogP contribution in [0.25, 0.3) is 0 Å². The van der Waals surface area contributed by atoms with Gasteiger partial charge in [-0.15, -0.1) is 0 Å². The second-order valence-corrected chi connectivity index (χ2v) is 11.1. The molecule has 0 saturated heterocycles. The zero-order valence-electron chi connectivity index (χ0n) is 24.1. The summed E-state index contributed by atoms with van der Waals surface area (Å²) in [5.74, 6) is 1.35. The molecule has 0 amide bonds. The van der Waals surface area contributed by atoms with Crippen LogP contribution in [0, 0.1) is 0 Å². The lowest BCUT2D eigenvalue weighted by atomic mass is 10.0. The van der Waals surface area contributed by atoms with Crippen LogP contribution in [-0.4, -0.2) is 9.55 Å². The highest BCUT2D eigenvalue weighted by atomic mass is 15.1. The molecule has 0 bridgehead atoms. The van der Waals surface area contributed by atoms with Crippen LogP contribution in [0.5, 0.6) is 0 Å². The second kappa shape index (κ2) is 21.5. The molecule has 1 heterocycles. The minimum Gasteiger partial charge on any atom is -0.335 e. The average molecular weight is 495 g/mol. The van der Waals surface area contributed by atoms with Crippen LogP contribution in [-0.2, 0) is 25.8 Å². The van der Waals surface area contributed by atoms with Crippen molar-refractivity contribution in [2.45, 2.75) is 162 Å². The lowest BCUT2D eigenvalue weighted by Crippen LogP contribution is -2.03. The summed E-state index contributed by atoms with van der Waals surface area (Å²) in [4.78, 5) is 5.11. The molecule has 0 saturated carbocycles. The summed E-state index contributed by atoms with van der Waals surface area (Å²) in [6, 6.07) is 10.9. The molecule has 0 atom stereocenters. The maximum Gasteiger partial charge on any atom is 0.108 e. The highest BCUT2D eigenvalue weighted by molar-refractivity contribution is 5.15. The predicted molar refractivity (Wildman–Crippen MR) is 159 cm³/mol. The molecule has 2 nitrogen and oxygen atoms in total. The normalized spacial score (nSPS) is 11.4. The number of hydrogen-bond acceptors (Lipinski definition) is 1. The second-order valence-electron chi connectivity index (χ2n) is 11.1. The van der Waals surface area contributed by atoms with Gasteiger partial charge in [0.25, 0.3) is 0 Å². The van der Waals surface area contributed by atoms with E-state index in [0.717, 1.165) is 25.8 Å². The third-order valence-corrected chi connectivity index (χ3v) is 7.66. The molecular weight excluding hydrogens is 436 g/mol. The molecule has 0 aliphatic rings. The minimum absolute atomic E-state index is 1.10. The molecule has 36 heavy (non-hydrogen) atoms. The standard InChI is InChI=1S/C34H58N2/c1-3-5-7-9-10-11-12-13-14-15-16-17-22-29-34-35-33(28-24-27-32-25-20-19-21-26-32)31-36(34)30-23-18-8-6-4-2/h19-21,25-26,31H,3-18,22-24,27-30H2,1-2H3. The van der Waals surface area contributed by atoms with Gasteiger partial charge < -0.3 is 4.57 Å². The highest BCUT2D eigenvalue weighted by Crippen LogP contribution is 2.16. The molecule has 1 aromatic carbocycles. The number of imidazole rings is 1. The Morgan fingerprint density at radius 2 is 1.06 bits per heavy atom. The van der Waals surface area contributed by atoms with Crippen molar-refractivity contribution < 1.29 is 0 Å². The van der Waals surface area contributed by atoms with Crippen molar-refractivity contribution >= 4 is 0 Å². The first-order valence-electron chi connectivity index (χ1n) is 15.9. The molecule has 0 spiro atoms. The minimum atomic E-state index is 1.10. The van der Waals surface area contributed by atoms with Gasteiger partial charge in [-0.05, 0) is 37.7 Å². The molecule has 2 aromatic rings. The van der Waals surface area contributed by atoms with Crippen LogP contribution in [0.2, 0.25) is 0 Å². The zero-order valence-corrected chi connectivity index (χ0v) is 24.1. The number of benzene rings is 1. The fourth-order valence-corrected chi connectivity index (χ4v) is 5.33. The summed E-state index contributed by atoms with van der Waals surface area (Å²) in [6.07, 6.45) is 32.1. The Hall–Kier alpha value is -1.57. The number of aryl methyl sites for hydroxylation is 4. The quantitative estimate of drug-likeness (QED) is 0.133. The third-order valence-electron chi connectivity index (χ3n) is 7.66. The van der Waals surface area contributed by atoms with Gasteiger partial charge in [0.2, 0.25) is 0 Å². The van der Waals surface area contributed by atoms with Gasteiger partial charge in [0.15, 0.2) is 0 Å². The summed E-state index contributed by atoms with van der Waals surface area (Å²) >= 11 is 0. The van der Waals surface area contributed by atoms with Gasteiger partial charge >= 0.3 is 0 Å². The Kier molecular flexibility index (Phi) is 18.3. The van der Waals surface area contributed by atoms with E-state index in [2.05, 4.69) is 54.9 Å². The van der Waals surface area contributed by atoms with Gasteiger partial charge in [0, 0.05) is 19.2 Å². The summed E-state index contributed by atoms with van der Waals surface area (Å²) in [5.41, 5.74) is 2.75. The fourth-order valence-electron chi connectivity index (χ4n) is 5.33. The number of rotatable bonds is 24. The van der Waals surface area contributed by atoms with Crippen LogP contribution in [0.3, 0.4) is 0 Å². The summed E-state index contributed by atoms with van der Waals surface area (Å²) in [5, 5.41) is 0. The molecule has 2 heteroatoms. The summed E-state index contributed by atoms with van der Waals surface area (Å²) < 4.78 is 2.50. The highest BCUT2D eigenvalue weighted by Gasteiger charge is 2.08. The number of unbranched alkanes of at least 4 members (excludes halogenated alkanes) is 16. The van der Waals surface area contributed by atoms with E-state index >= 15 is 0 Å². The Balaban J connectivity index is 1.63. The van der Waals surface area contributed by atoms with Crippen molar-refractivity contribution in [2.24, 2.45) is 0 Å². The molecule has 0 radical (unpaired) electrons. The fraction of sp³-hybridized carbons (Fsp3) is 0.735. The van der Waals surface area contributed by atoms with Crippen molar-refractivity contribution in [1.29, 1.82) is 0 Å². The van der Waals surface area contributed by atoms with Gasteiger partial charge in [-0.3, -0.25) is 0 Å². The van der Waals surface area contributed by atoms with Crippen LogP contribution in [0.4, 0.5) is 0 Å². The van der Waals surface area contributed by atoms with Gasteiger partial charge in [-0.25, -0.2) is 4.98 Å². The van der Waals surface area contributed by atoms with Crippen molar-refractivity contribution in [2.75, 3.05) is 0 Å². The maximum absolute atomic E-state index is 5.11. The third kappa shape index (κ3) is 14.9. The van der Waals surface area contributed by atoms with Gasteiger partial charge in [-0.1, -0.05) is 147 Å². The molecule has 0 fully saturated rings. The zero-order chi connectivity index (χ0) is 25.5. The van der Waals surface area contributed by atoms with E-state index in [4.69, 9.17) is 4.98 Å². The van der Waals surface area contributed by atoms with E-state index in [-0.39, 0.29) is 0 Å². The first-order chi connectivity index (χ1) is 17.8. The molecule has 0 aliphatic heterocycles. The molecule has 1 aromatic heterocycles. The van der Waals surface area contributed by atoms with Gasteiger partial charge in [0.05, 0.1) is 5.69 Å². The molecule has 2 rings (SSSR count).